The van der Waals surface area contributed by atoms with E-state index in [1.165, 1.54) is 0 Å². The molecule has 0 saturated heterocycles. The fourth-order valence-corrected chi connectivity index (χ4v) is 3.11. The molecule has 0 fully saturated rings. The predicted octanol–water partition coefficient (Wildman–Crippen LogP) is 4.17. The van der Waals surface area contributed by atoms with Crippen LogP contribution in [0, 0.1) is 0 Å². The van der Waals surface area contributed by atoms with Crippen molar-refractivity contribution in [2.75, 3.05) is 22.2 Å². The molecule has 1 aromatic heterocycles. The van der Waals surface area contributed by atoms with Crippen LogP contribution in [0.3, 0.4) is 0 Å². The number of carbonyl (C=O) groups excluding carboxylic acids is 2. The van der Waals surface area contributed by atoms with E-state index in [0.29, 0.717) is 22.6 Å². The summed E-state index contributed by atoms with van der Waals surface area (Å²) < 4.78 is 0. The number of benzene rings is 2. The lowest BCUT2D eigenvalue weighted by Gasteiger charge is -2.14. The fourth-order valence-electron chi connectivity index (χ4n) is 3.11. The molecule has 0 bridgehead atoms. The monoisotopic (exact) mass is 399 g/mol. The number of anilines is 3. The maximum atomic E-state index is 12.6. The van der Waals surface area contributed by atoms with E-state index >= 15 is 0 Å². The number of carbonyl (C=O) groups is 2. The molecule has 2 heterocycles. The third-order valence-electron chi connectivity index (χ3n) is 4.69. The summed E-state index contributed by atoms with van der Waals surface area (Å²) >= 11 is 0. The highest BCUT2D eigenvalue weighted by atomic mass is 16.2. The number of rotatable bonds is 5. The van der Waals surface area contributed by atoms with Gasteiger partial charge in [0.05, 0.1) is 5.69 Å². The zero-order valence-corrected chi connectivity index (χ0v) is 16.5. The smallest absolute Gasteiger partial charge is 0.256 e. The summed E-state index contributed by atoms with van der Waals surface area (Å²) in [6.07, 6.45) is 2.56. The van der Waals surface area contributed by atoms with Crippen LogP contribution in [0.25, 0.3) is 0 Å². The van der Waals surface area contributed by atoms with Gasteiger partial charge in [-0.3, -0.25) is 14.6 Å². The van der Waals surface area contributed by atoms with Gasteiger partial charge in [-0.2, -0.15) is 5.10 Å². The minimum absolute atomic E-state index is 0.245. The van der Waals surface area contributed by atoms with E-state index in [4.69, 9.17) is 0 Å². The molecule has 0 unspecified atom stereocenters. The molecule has 7 heteroatoms. The minimum atomic E-state index is -0.296. The number of hydrogen-bond donors (Lipinski definition) is 2. The molecule has 0 saturated carbocycles. The fraction of sp³-hybridized carbons (Fsp3) is 0.130. The molecule has 0 radical (unpaired) electrons. The van der Waals surface area contributed by atoms with Crippen molar-refractivity contribution in [3.8, 4) is 0 Å². The quantitative estimate of drug-likeness (QED) is 0.674. The molecule has 7 nitrogen and oxygen atoms in total. The molecule has 1 aliphatic rings. The van der Waals surface area contributed by atoms with Gasteiger partial charge in [-0.05, 0) is 61.5 Å². The van der Waals surface area contributed by atoms with Crippen molar-refractivity contribution in [2.24, 2.45) is 5.10 Å². The second kappa shape index (κ2) is 8.57. The van der Waals surface area contributed by atoms with E-state index in [0.717, 1.165) is 24.4 Å². The van der Waals surface area contributed by atoms with E-state index in [-0.39, 0.29) is 11.8 Å². The normalized spacial score (nSPS) is 13.0. The van der Waals surface area contributed by atoms with Crippen molar-refractivity contribution in [1.29, 1.82) is 0 Å². The van der Waals surface area contributed by atoms with Crippen LogP contribution in [0.5, 0.6) is 0 Å². The van der Waals surface area contributed by atoms with Crippen LogP contribution in [-0.2, 0) is 0 Å². The maximum Gasteiger partial charge on any atom is 0.256 e. The Bertz CT molecular complexity index is 1090. The average molecular weight is 399 g/mol. The first-order chi connectivity index (χ1) is 14.6. The molecule has 150 valence electrons. The third-order valence-corrected chi connectivity index (χ3v) is 4.69. The van der Waals surface area contributed by atoms with E-state index < -0.39 is 0 Å². The van der Waals surface area contributed by atoms with Crippen LogP contribution in [-0.4, -0.2) is 29.1 Å². The second-order valence-electron chi connectivity index (χ2n) is 6.96. The van der Waals surface area contributed by atoms with Crippen LogP contribution < -0.4 is 15.6 Å². The topological polar surface area (TPSA) is 86.7 Å². The zero-order chi connectivity index (χ0) is 20.9. The number of hydrazone groups is 1. The molecule has 4 rings (SSSR count). The molecule has 0 aliphatic carbocycles. The molecule has 2 N–H and O–H groups in total. The Morgan fingerprint density at radius 1 is 0.900 bits per heavy atom. The summed E-state index contributed by atoms with van der Waals surface area (Å²) in [6.45, 7) is 2.86. The van der Waals surface area contributed by atoms with Gasteiger partial charge in [0, 0.05) is 41.7 Å². The van der Waals surface area contributed by atoms with Gasteiger partial charge in [-0.15, -0.1) is 0 Å². The van der Waals surface area contributed by atoms with Gasteiger partial charge in [0.25, 0.3) is 11.8 Å². The lowest BCUT2D eigenvalue weighted by molar-refractivity contribution is 0.101. The highest BCUT2D eigenvalue weighted by Crippen LogP contribution is 2.21. The van der Waals surface area contributed by atoms with Gasteiger partial charge >= 0.3 is 0 Å². The van der Waals surface area contributed by atoms with Crippen molar-refractivity contribution in [3.63, 3.8) is 0 Å². The Morgan fingerprint density at radius 2 is 1.70 bits per heavy atom. The van der Waals surface area contributed by atoms with Gasteiger partial charge < -0.3 is 10.6 Å². The average Bonchev–Trinajstić information content (AvgIpc) is 3.21. The SMILES string of the molecule is CC1=NN(c2ccc(C(=O)Nc3cccc(C(=O)Nc4ccccn4)c3)cc2)CC1. The molecular weight excluding hydrogens is 378 g/mol. The van der Waals surface area contributed by atoms with Crippen LogP contribution in [0.15, 0.2) is 78.0 Å². The van der Waals surface area contributed by atoms with Crippen molar-refractivity contribution >= 4 is 34.7 Å². The summed E-state index contributed by atoms with van der Waals surface area (Å²) in [5.74, 6) is -0.0740. The summed E-state index contributed by atoms with van der Waals surface area (Å²) in [6, 6.07) is 19.4. The third kappa shape index (κ3) is 4.52. The highest BCUT2D eigenvalue weighted by Gasteiger charge is 2.14. The highest BCUT2D eigenvalue weighted by molar-refractivity contribution is 6.07. The Kier molecular flexibility index (Phi) is 5.52. The molecule has 3 aromatic rings. The first-order valence-corrected chi connectivity index (χ1v) is 9.64. The number of nitrogens with one attached hydrogen (secondary N) is 2. The Hall–Kier alpha value is -4.00. The minimum Gasteiger partial charge on any atom is -0.322 e. The van der Waals surface area contributed by atoms with Gasteiger partial charge in [-0.25, -0.2) is 4.98 Å². The Balaban J connectivity index is 1.42. The van der Waals surface area contributed by atoms with E-state index in [2.05, 4.69) is 20.7 Å². The first kappa shape index (κ1) is 19.3. The van der Waals surface area contributed by atoms with Crippen LogP contribution in [0.4, 0.5) is 17.2 Å². The lowest BCUT2D eigenvalue weighted by Crippen LogP contribution is -2.15. The molecule has 2 aromatic carbocycles. The zero-order valence-electron chi connectivity index (χ0n) is 16.5. The Labute approximate surface area is 174 Å². The first-order valence-electron chi connectivity index (χ1n) is 9.64. The van der Waals surface area contributed by atoms with Gasteiger partial charge in [0.1, 0.15) is 5.82 Å². The van der Waals surface area contributed by atoms with Crippen LogP contribution in [0.1, 0.15) is 34.1 Å². The number of aromatic nitrogens is 1. The van der Waals surface area contributed by atoms with Crippen LogP contribution >= 0.6 is 0 Å². The van der Waals surface area contributed by atoms with E-state index in [1.54, 1.807) is 60.8 Å². The van der Waals surface area contributed by atoms with Crippen molar-refractivity contribution in [3.05, 3.63) is 84.1 Å². The van der Waals surface area contributed by atoms with E-state index in [1.807, 2.05) is 24.1 Å². The molecule has 30 heavy (non-hydrogen) atoms. The summed E-state index contributed by atoms with van der Waals surface area (Å²) in [7, 11) is 0. The second-order valence-corrected chi connectivity index (χ2v) is 6.96. The van der Waals surface area contributed by atoms with Crippen molar-refractivity contribution in [1.82, 2.24) is 4.98 Å². The van der Waals surface area contributed by atoms with E-state index in [9.17, 15) is 9.59 Å². The van der Waals surface area contributed by atoms with Gasteiger partial charge in [0.15, 0.2) is 0 Å². The predicted molar refractivity (Wildman–Crippen MR) is 118 cm³/mol. The number of hydrogen-bond acceptors (Lipinski definition) is 5. The maximum absolute atomic E-state index is 12.6. The van der Waals surface area contributed by atoms with Crippen molar-refractivity contribution < 1.29 is 9.59 Å². The molecular formula is C23H21N5O2. The summed E-state index contributed by atoms with van der Waals surface area (Å²) in [5, 5.41) is 12.0. The molecule has 1 aliphatic heterocycles. The molecule has 0 spiro atoms. The van der Waals surface area contributed by atoms with Crippen LogP contribution in [0.2, 0.25) is 0 Å². The number of amides is 2. The lowest BCUT2D eigenvalue weighted by atomic mass is 10.1. The van der Waals surface area contributed by atoms with Crippen molar-refractivity contribution in [2.45, 2.75) is 13.3 Å². The molecule has 0 atom stereocenters. The number of pyridine rings is 1. The Morgan fingerprint density at radius 3 is 2.40 bits per heavy atom. The largest absolute Gasteiger partial charge is 0.322 e. The molecule has 2 amide bonds. The summed E-state index contributed by atoms with van der Waals surface area (Å²) in [4.78, 5) is 29.1. The van der Waals surface area contributed by atoms with Gasteiger partial charge in [0.2, 0.25) is 0 Å². The number of nitrogens with zero attached hydrogens (tertiary/aromatic N) is 3. The standard InChI is InChI=1S/C23H21N5O2/c1-16-12-14-28(27-16)20-10-8-17(9-11-20)22(29)25-19-6-4-5-18(15-19)23(30)26-21-7-2-3-13-24-21/h2-11,13,15H,12,14H2,1H3,(H,25,29)(H,24,26,30). The van der Waals surface area contributed by atoms with Gasteiger partial charge in [-0.1, -0.05) is 12.1 Å². The summed E-state index contributed by atoms with van der Waals surface area (Å²) in [5.41, 5.74) is 3.55.